The van der Waals surface area contributed by atoms with E-state index in [2.05, 4.69) is 123 Å². The van der Waals surface area contributed by atoms with E-state index in [4.69, 9.17) is 0 Å². The number of aromatic hydroxyl groups is 2. The molecule has 12 nitrogen and oxygen atoms in total. The van der Waals surface area contributed by atoms with E-state index in [-0.39, 0.29) is 17.4 Å². The Labute approximate surface area is 397 Å². The second-order valence-electron chi connectivity index (χ2n) is 14.9. The number of carbonyl (C=O) groups excluding carboxylic acids is 1. The van der Waals surface area contributed by atoms with Gasteiger partial charge in [0.25, 0.3) is 5.91 Å². The molecule has 3 unspecified atom stereocenters. The number of para-hydroxylation sites is 3. The largest absolute Gasteiger partial charge is 0.507 e. The number of hydrogen-bond acceptors (Lipinski definition) is 14. The number of rotatable bonds is 3. The van der Waals surface area contributed by atoms with Crippen molar-refractivity contribution in [3.8, 4) is 11.5 Å². The molecule has 0 bridgehead atoms. The Morgan fingerprint density at radius 3 is 1.48 bits per heavy atom. The van der Waals surface area contributed by atoms with E-state index in [0.29, 0.717) is 16.2 Å². The molecular weight excluding hydrogens is 995 g/mol. The number of phenolic OH excluding ortho intramolecular Hbond substituents is 2. The number of hydrazone groups is 3. The quantitative estimate of drug-likeness (QED) is 0.0850. The van der Waals surface area contributed by atoms with E-state index in [0.717, 1.165) is 69.7 Å². The first-order chi connectivity index (χ1) is 31.0. The minimum Gasteiger partial charge on any atom is -0.507 e. The third-order valence-corrected chi connectivity index (χ3v) is 16.0. The molecule has 12 rings (SSSR count). The van der Waals surface area contributed by atoms with Gasteiger partial charge < -0.3 is 26.2 Å². The normalized spacial score (nSPS) is 22.5. The molecule has 0 saturated heterocycles. The lowest BCUT2D eigenvalue weighted by molar-refractivity contribution is -0.118. The van der Waals surface area contributed by atoms with Crippen LogP contribution < -0.4 is 32.2 Å². The van der Waals surface area contributed by atoms with Crippen molar-refractivity contribution in [3.05, 3.63) is 206 Å². The van der Waals surface area contributed by atoms with Crippen LogP contribution in [0, 0.1) is 0 Å². The Kier molecular flexibility index (Phi) is 10.8. The molecule has 1 amide bonds. The second kappa shape index (κ2) is 16.5. The lowest BCUT2D eigenvalue weighted by Gasteiger charge is -2.23. The number of benzene rings is 6. The molecule has 0 fully saturated rings. The molecule has 0 saturated carbocycles. The average molecular weight is 1030 g/mol. The SMILES string of the molecule is C=C1Nc2ccc(Br)cc2C12NN=C(c1ccccc1)S2.C=C1Nc2ccc(Br)cc2C12NN=C(c1ccccc1O)S2.O=C1Nc2ccccc2C12NN=C(c1ccccc1O)S2. The van der Waals surface area contributed by atoms with E-state index in [1.807, 2.05) is 78.9 Å². The summed E-state index contributed by atoms with van der Waals surface area (Å²) in [6, 6.07) is 44.1. The van der Waals surface area contributed by atoms with Crippen molar-refractivity contribution in [2.75, 3.05) is 16.0 Å². The zero-order chi connectivity index (χ0) is 44.2. The van der Waals surface area contributed by atoms with Crippen LogP contribution in [0.1, 0.15) is 33.4 Å². The Morgan fingerprint density at radius 2 is 0.922 bits per heavy atom. The van der Waals surface area contributed by atoms with Gasteiger partial charge in [-0.15, -0.1) is 0 Å². The minimum absolute atomic E-state index is 0.147. The van der Waals surface area contributed by atoms with Crippen molar-refractivity contribution in [2.45, 2.75) is 14.6 Å². The average Bonchev–Trinajstić information content (AvgIpc) is 4.17. The van der Waals surface area contributed by atoms with Crippen molar-refractivity contribution in [1.29, 1.82) is 0 Å². The first-order valence-electron chi connectivity index (χ1n) is 19.7. The molecular formula is C47H35Br2N9O3S3. The van der Waals surface area contributed by atoms with Crippen LogP contribution in [0.5, 0.6) is 11.5 Å². The smallest absolute Gasteiger partial charge is 0.267 e. The fourth-order valence-corrected chi connectivity index (χ4v) is 12.1. The molecule has 0 radical (unpaired) electrons. The number of phenols is 2. The molecule has 6 heterocycles. The van der Waals surface area contributed by atoms with Gasteiger partial charge in [0.1, 0.15) is 26.6 Å². The highest BCUT2D eigenvalue weighted by atomic mass is 79.9. The summed E-state index contributed by atoms with van der Waals surface area (Å²) in [5.74, 6) is 0.218. The van der Waals surface area contributed by atoms with Crippen LogP contribution in [-0.2, 0) is 19.4 Å². The van der Waals surface area contributed by atoms with Crippen LogP contribution in [0.25, 0.3) is 0 Å². The van der Waals surface area contributed by atoms with Crippen molar-refractivity contribution in [1.82, 2.24) is 16.3 Å². The molecule has 6 aromatic rings. The maximum Gasteiger partial charge on any atom is 0.267 e. The lowest BCUT2D eigenvalue weighted by Crippen LogP contribution is -2.39. The fourth-order valence-electron chi connectivity index (χ4n) is 7.80. The number of nitrogens with zero attached hydrogens (tertiary/aromatic N) is 3. The molecule has 8 N–H and O–H groups in total. The zero-order valence-electron chi connectivity index (χ0n) is 33.3. The van der Waals surface area contributed by atoms with Crippen molar-refractivity contribution >= 4 is 105 Å². The van der Waals surface area contributed by atoms with Crippen LogP contribution in [0.4, 0.5) is 17.1 Å². The maximum absolute atomic E-state index is 12.4. The molecule has 6 aliphatic heterocycles. The Hall–Kier alpha value is -6.11. The maximum atomic E-state index is 12.4. The van der Waals surface area contributed by atoms with Crippen LogP contribution >= 0.6 is 67.1 Å². The van der Waals surface area contributed by atoms with Gasteiger partial charge in [-0.05, 0) is 66.7 Å². The predicted molar refractivity (Wildman–Crippen MR) is 268 cm³/mol. The monoisotopic (exact) mass is 1030 g/mol. The third kappa shape index (κ3) is 7.11. The zero-order valence-corrected chi connectivity index (χ0v) is 38.9. The van der Waals surface area contributed by atoms with E-state index < -0.39 is 14.6 Å². The van der Waals surface area contributed by atoms with Gasteiger partial charge in [-0.25, -0.2) is 0 Å². The van der Waals surface area contributed by atoms with Gasteiger partial charge >= 0.3 is 0 Å². The summed E-state index contributed by atoms with van der Waals surface area (Å²) in [5.41, 5.74) is 19.6. The molecule has 17 heteroatoms. The van der Waals surface area contributed by atoms with Crippen molar-refractivity contribution < 1.29 is 15.0 Å². The number of amides is 1. The fraction of sp³-hybridized carbons (Fsp3) is 0.0638. The first-order valence-corrected chi connectivity index (χ1v) is 23.7. The highest BCUT2D eigenvalue weighted by Crippen LogP contribution is 2.54. The summed E-state index contributed by atoms with van der Waals surface area (Å²) in [4.78, 5) is 10.5. The Bertz CT molecular complexity index is 3040. The molecule has 318 valence electrons. The van der Waals surface area contributed by atoms with E-state index >= 15 is 0 Å². The van der Waals surface area contributed by atoms with Crippen LogP contribution in [-0.4, -0.2) is 31.3 Å². The van der Waals surface area contributed by atoms with E-state index in [9.17, 15) is 15.0 Å². The Morgan fingerprint density at radius 1 is 0.484 bits per heavy atom. The topological polar surface area (TPSA) is 167 Å². The summed E-state index contributed by atoms with van der Waals surface area (Å²) in [7, 11) is 0. The molecule has 0 aromatic heterocycles. The second-order valence-corrected chi connectivity index (χ2v) is 20.4. The number of carbonyl (C=O) groups is 1. The number of nitrogens with one attached hydrogen (secondary N) is 6. The van der Waals surface area contributed by atoms with Crippen LogP contribution in [0.2, 0.25) is 0 Å². The number of anilines is 3. The van der Waals surface area contributed by atoms with Crippen molar-refractivity contribution in [2.24, 2.45) is 15.3 Å². The van der Waals surface area contributed by atoms with Crippen molar-refractivity contribution in [3.63, 3.8) is 0 Å². The summed E-state index contributed by atoms with van der Waals surface area (Å²) < 4.78 is 2.05. The van der Waals surface area contributed by atoms with Gasteiger partial charge in [-0.2, -0.15) is 15.3 Å². The van der Waals surface area contributed by atoms with Gasteiger partial charge in [0.2, 0.25) is 4.87 Å². The van der Waals surface area contributed by atoms with Crippen LogP contribution in [0.3, 0.4) is 0 Å². The summed E-state index contributed by atoms with van der Waals surface area (Å²) in [6.07, 6.45) is 0. The molecule has 0 aliphatic carbocycles. The molecule has 64 heavy (non-hydrogen) atoms. The number of halogens is 2. The molecule has 6 aliphatic rings. The first kappa shape index (κ1) is 41.9. The van der Waals surface area contributed by atoms with Gasteiger partial charge in [0.05, 0.1) is 22.5 Å². The summed E-state index contributed by atoms with van der Waals surface area (Å²) in [5, 5.41) is 45.1. The van der Waals surface area contributed by atoms with Gasteiger partial charge in [0.15, 0.2) is 9.74 Å². The van der Waals surface area contributed by atoms with Gasteiger partial charge in [0, 0.05) is 48.3 Å². The third-order valence-electron chi connectivity index (χ3n) is 11.0. The standard InChI is InChI=1S/C16H12BrN3OS.C16H12BrN3S.C15H11N3O2S/c1-9-16(12-8-10(17)6-7-13(12)18-9)20-19-15(22-16)11-4-2-3-5-14(11)21;1-10-16(13-9-12(17)7-8-14(13)18-10)20-19-15(21-16)11-5-3-2-4-6-11;19-12-8-4-1-5-9(12)13-17-18-15(21-13)10-6-2-3-7-11(10)16-14(15)20/h2-8,18,20-21H,1H2;2-9,18,20H,1H2;1-8,18-19H,(H,16,20). The molecule has 3 spiro atoms. The number of fused-ring (bicyclic) bond motifs is 6. The number of thioether (sulfide) groups is 3. The van der Waals surface area contributed by atoms with Gasteiger partial charge in [-0.1, -0.05) is 153 Å². The Balaban J connectivity index is 0.000000114. The highest BCUT2D eigenvalue weighted by molar-refractivity contribution is 9.10. The van der Waals surface area contributed by atoms with E-state index in [1.54, 1.807) is 53.9 Å². The highest BCUT2D eigenvalue weighted by Gasteiger charge is 2.52. The number of hydrogen-bond donors (Lipinski definition) is 8. The van der Waals surface area contributed by atoms with Gasteiger partial charge in [-0.3, -0.25) is 21.1 Å². The molecule has 3 atom stereocenters. The summed E-state index contributed by atoms with van der Waals surface area (Å²) >= 11 is 11.6. The summed E-state index contributed by atoms with van der Waals surface area (Å²) in [6.45, 7) is 8.32. The van der Waals surface area contributed by atoms with Crippen LogP contribution in [0.15, 0.2) is 188 Å². The minimum atomic E-state index is -0.950. The molecule has 6 aromatic carbocycles. The van der Waals surface area contributed by atoms with E-state index in [1.165, 1.54) is 11.8 Å². The lowest BCUT2D eigenvalue weighted by atomic mass is 10.1. The predicted octanol–water partition coefficient (Wildman–Crippen LogP) is 10.4.